The van der Waals surface area contributed by atoms with Crippen molar-refractivity contribution in [2.75, 3.05) is 5.84 Å². The Kier molecular flexibility index (Phi) is 3.07. The highest BCUT2D eigenvalue weighted by Gasteiger charge is 2.26. The molecule has 0 atom stereocenters. The highest BCUT2D eigenvalue weighted by molar-refractivity contribution is 7.71. The molecule has 20 heavy (non-hydrogen) atoms. The van der Waals surface area contributed by atoms with Crippen molar-refractivity contribution in [3.8, 4) is 17.1 Å². The number of benzene rings is 1. The molecule has 2 aromatic rings. The maximum Gasteiger partial charge on any atom is 0.318 e. The molecule has 104 valence electrons. The van der Waals surface area contributed by atoms with Gasteiger partial charge in [-0.2, -0.15) is 5.10 Å². The van der Waals surface area contributed by atoms with Crippen LogP contribution in [0.1, 0.15) is 0 Å². The van der Waals surface area contributed by atoms with E-state index in [2.05, 4.69) is 10.2 Å². The van der Waals surface area contributed by atoms with Crippen LogP contribution in [0.25, 0.3) is 11.4 Å². The number of nitrogens with zero attached hydrogens (tertiary/aromatic N) is 4. The average Bonchev–Trinajstić information content (AvgIpc) is 2.70. The number of rotatable bonds is 3. The average molecular weight is 298 g/mol. The number of nitrogens with one attached hydrogen (secondary N) is 1. The van der Waals surface area contributed by atoms with Crippen LogP contribution in [-0.2, 0) is 0 Å². The first-order valence-electron chi connectivity index (χ1n) is 4.91. The van der Waals surface area contributed by atoms with Crippen molar-refractivity contribution in [1.29, 1.82) is 0 Å². The Morgan fingerprint density at radius 1 is 1.35 bits per heavy atom. The third-order valence-electron chi connectivity index (χ3n) is 2.43. The number of phenols is 1. The van der Waals surface area contributed by atoms with E-state index >= 15 is 0 Å². The van der Waals surface area contributed by atoms with Gasteiger partial charge < -0.3 is 10.9 Å². The van der Waals surface area contributed by atoms with E-state index in [1.54, 1.807) is 0 Å². The predicted octanol–water partition coefficient (Wildman–Crippen LogP) is 0.843. The lowest BCUT2D eigenvalue weighted by molar-refractivity contribution is -0.394. The Morgan fingerprint density at radius 2 is 2.00 bits per heavy atom. The summed E-state index contributed by atoms with van der Waals surface area (Å²) in [5, 5.41) is 37.4. The van der Waals surface area contributed by atoms with Gasteiger partial charge in [0, 0.05) is 6.07 Å². The highest BCUT2D eigenvalue weighted by atomic mass is 32.1. The lowest BCUT2D eigenvalue weighted by atomic mass is 10.1. The molecule has 0 fully saturated rings. The van der Waals surface area contributed by atoms with Gasteiger partial charge in [-0.1, -0.05) is 0 Å². The van der Waals surface area contributed by atoms with Crippen LogP contribution in [0.15, 0.2) is 12.1 Å². The third-order valence-corrected chi connectivity index (χ3v) is 2.72. The summed E-state index contributed by atoms with van der Waals surface area (Å²) in [5.74, 6) is 4.57. The smallest absolute Gasteiger partial charge is 0.318 e. The third kappa shape index (κ3) is 2.03. The Balaban J connectivity index is 2.81. The van der Waals surface area contributed by atoms with Gasteiger partial charge in [-0.3, -0.25) is 20.2 Å². The van der Waals surface area contributed by atoms with Crippen molar-refractivity contribution < 1.29 is 15.0 Å². The van der Waals surface area contributed by atoms with Crippen LogP contribution in [-0.4, -0.2) is 29.8 Å². The quantitative estimate of drug-likeness (QED) is 0.324. The number of phenolic OH excluding ortho intramolecular Hbond substituents is 1. The molecule has 11 nitrogen and oxygen atoms in total. The fourth-order valence-corrected chi connectivity index (χ4v) is 1.65. The number of aromatic amines is 1. The molecule has 1 heterocycles. The van der Waals surface area contributed by atoms with Crippen molar-refractivity contribution >= 4 is 23.6 Å². The molecule has 2 rings (SSSR count). The number of nitrogens with two attached hydrogens (primary N) is 1. The van der Waals surface area contributed by atoms with Crippen molar-refractivity contribution in [3.63, 3.8) is 0 Å². The second-order valence-corrected chi connectivity index (χ2v) is 3.98. The summed E-state index contributed by atoms with van der Waals surface area (Å²) in [4.78, 5) is 19.8. The first kappa shape index (κ1) is 13.4. The molecule has 4 N–H and O–H groups in total. The number of aromatic hydroxyl groups is 1. The molecule has 0 saturated carbocycles. The number of non-ortho nitro benzene ring substituents is 1. The lowest BCUT2D eigenvalue weighted by Gasteiger charge is -2.04. The minimum absolute atomic E-state index is 0.0199. The van der Waals surface area contributed by atoms with Crippen molar-refractivity contribution in [2.45, 2.75) is 0 Å². The van der Waals surface area contributed by atoms with E-state index in [-0.39, 0.29) is 16.2 Å². The molecular weight excluding hydrogens is 292 g/mol. The number of nitro benzene ring substituents is 2. The van der Waals surface area contributed by atoms with Crippen LogP contribution >= 0.6 is 12.2 Å². The summed E-state index contributed by atoms with van der Waals surface area (Å²) in [7, 11) is 0. The van der Waals surface area contributed by atoms with Gasteiger partial charge in [0.15, 0.2) is 5.82 Å². The molecule has 0 saturated heterocycles. The summed E-state index contributed by atoms with van der Waals surface area (Å²) in [5.41, 5.74) is -1.69. The minimum atomic E-state index is -0.950. The fraction of sp³-hybridized carbons (Fsp3) is 0. The monoisotopic (exact) mass is 298 g/mol. The van der Waals surface area contributed by atoms with Crippen molar-refractivity contribution in [1.82, 2.24) is 14.9 Å². The van der Waals surface area contributed by atoms with Crippen LogP contribution in [0.2, 0.25) is 0 Å². The first-order valence-corrected chi connectivity index (χ1v) is 5.32. The van der Waals surface area contributed by atoms with E-state index in [4.69, 9.17) is 18.1 Å². The molecule has 0 radical (unpaired) electrons. The predicted molar refractivity (Wildman–Crippen MR) is 68.0 cm³/mol. The van der Waals surface area contributed by atoms with Crippen LogP contribution < -0.4 is 5.84 Å². The van der Waals surface area contributed by atoms with E-state index in [1.807, 2.05) is 0 Å². The minimum Gasteiger partial charge on any atom is -0.502 e. The number of nitro groups is 2. The normalized spacial score (nSPS) is 10.4. The van der Waals surface area contributed by atoms with E-state index in [0.29, 0.717) is 6.07 Å². The summed E-state index contributed by atoms with van der Waals surface area (Å²) < 4.78 is 0.811. The number of H-pyrrole nitrogens is 1. The molecule has 0 aliphatic carbocycles. The summed E-state index contributed by atoms with van der Waals surface area (Å²) in [6.07, 6.45) is 0. The second kappa shape index (κ2) is 4.58. The van der Waals surface area contributed by atoms with E-state index < -0.39 is 27.0 Å². The van der Waals surface area contributed by atoms with Gasteiger partial charge in [-0.25, -0.2) is 9.77 Å². The second-order valence-electron chi connectivity index (χ2n) is 3.60. The van der Waals surface area contributed by atoms with Crippen molar-refractivity contribution in [3.05, 3.63) is 37.1 Å². The Morgan fingerprint density at radius 3 is 2.45 bits per heavy atom. The zero-order valence-electron chi connectivity index (χ0n) is 9.51. The van der Waals surface area contributed by atoms with Crippen LogP contribution in [0.5, 0.6) is 5.75 Å². The van der Waals surface area contributed by atoms with Gasteiger partial charge >= 0.3 is 5.69 Å². The Hall–Kier alpha value is -3.02. The summed E-state index contributed by atoms with van der Waals surface area (Å²) >= 11 is 4.76. The van der Waals surface area contributed by atoms with E-state index in [1.165, 1.54) is 0 Å². The molecule has 0 amide bonds. The number of aromatic nitrogens is 3. The van der Waals surface area contributed by atoms with Gasteiger partial charge in [0.25, 0.3) is 5.69 Å². The number of nitrogen functional groups attached to an aromatic ring is 1. The lowest BCUT2D eigenvalue weighted by Crippen LogP contribution is -2.10. The van der Waals surface area contributed by atoms with Crippen LogP contribution in [0.3, 0.4) is 0 Å². The molecule has 12 heteroatoms. The SMILES string of the molecule is Nn1c(-c2cc([N+](=O)[O-])cc([N+](=O)[O-])c2O)n[nH]c1=S. The van der Waals surface area contributed by atoms with Crippen LogP contribution in [0, 0.1) is 25.0 Å². The van der Waals surface area contributed by atoms with Crippen molar-refractivity contribution in [2.24, 2.45) is 0 Å². The summed E-state index contributed by atoms with van der Waals surface area (Å²) in [6.45, 7) is 0. The van der Waals surface area contributed by atoms with Gasteiger partial charge in [0.05, 0.1) is 21.5 Å². The summed E-state index contributed by atoms with van der Waals surface area (Å²) in [6, 6.07) is 1.55. The fourth-order valence-electron chi connectivity index (χ4n) is 1.51. The molecular formula is C8H6N6O5S. The topological polar surface area (TPSA) is 166 Å². The van der Waals surface area contributed by atoms with E-state index in [9.17, 15) is 25.3 Å². The molecule has 0 aliphatic rings. The number of hydrogen-bond donors (Lipinski definition) is 3. The molecule has 0 bridgehead atoms. The molecule has 1 aromatic carbocycles. The Bertz CT molecular complexity index is 780. The highest BCUT2D eigenvalue weighted by Crippen LogP contribution is 2.39. The van der Waals surface area contributed by atoms with E-state index in [0.717, 1.165) is 10.7 Å². The zero-order chi connectivity index (χ0) is 15.0. The standard InChI is InChI=1S/C8H6N6O5S/c9-12-7(10-11-8(12)20)4-1-3(13(16)17)2-5(6(4)15)14(18)19/h1-2,15H,9H2,(H,11,20). The van der Waals surface area contributed by atoms with Gasteiger partial charge in [0.1, 0.15) is 0 Å². The maximum atomic E-state index is 10.8. The zero-order valence-corrected chi connectivity index (χ0v) is 10.3. The molecule has 0 spiro atoms. The number of hydrogen-bond acceptors (Lipinski definition) is 8. The largest absolute Gasteiger partial charge is 0.502 e. The molecule has 0 aliphatic heterocycles. The van der Waals surface area contributed by atoms with Crippen LogP contribution in [0.4, 0.5) is 11.4 Å². The maximum absolute atomic E-state index is 10.8. The van der Waals surface area contributed by atoms with Gasteiger partial charge in [0.2, 0.25) is 10.5 Å². The van der Waals surface area contributed by atoms with Gasteiger partial charge in [-0.15, -0.1) is 0 Å². The Labute approximate surface area is 114 Å². The molecule has 0 unspecified atom stereocenters. The first-order chi connectivity index (χ1) is 9.32. The molecule has 1 aromatic heterocycles. The van der Waals surface area contributed by atoms with Gasteiger partial charge in [-0.05, 0) is 12.2 Å².